The smallest absolute Gasteiger partial charge is 0.134 e. The minimum absolute atomic E-state index is 0.845. The maximum absolute atomic E-state index is 4.69. The molecule has 0 spiro atoms. The third kappa shape index (κ3) is 3.82. The molecule has 1 heterocycles. The van der Waals surface area contributed by atoms with E-state index in [1.54, 1.807) is 0 Å². The fraction of sp³-hybridized carbons (Fsp3) is 0.733. The molecule has 1 aliphatic rings. The van der Waals surface area contributed by atoms with Crippen molar-refractivity contribution in [2.24, 2.45) is 11.8 Å². The summed E-state index contributed by atoms with van der Waals surface area (Å²) in [5.74, 6) is 4.68. The Labute approximate surface area is 116 Å². The molecule has 2 unspecified atom stereocenters. The minimum Gasteiger partial charge on any atom is -0.370 e. The van der Waals surface area contributed by atoms with E-state index in [-0.39, 0.29) is 0 Å². The van der Waals surface area contributed by atoms with Crippen LogP contribution in [0.1, 0.15) is 39.4 Å². The topological polar surface area (TPSA) is 41.1 Å². The molecule has 2 atom stereocenters. The summed E-state index contributed by atoms with van der Waals surface area (Å²) in [6.45, 7) is 8.58. The van der Waals surface area contributed by atoms with Gasteiger partial charge in [0.05, 0.1) is 0 Å². The Hall–Kier alpha value is -1.32. The van der Waals surface area contributed by atoms with E-state index < -0.39 is 0 Å². The molecule has 0 amide bonds. The maximum Gasteiger partial charge on any atom is 0.134 e. The zero-order valence-electron chi connectivity index (χ0n) is 12.6. The quantitative estimate of drug-likeness (QED) is 0.820. The highest BCUT2D eigenvalue weighted by Gasteiger charge is 2.33. The number of aryl methyl sites for hydroxylation is 1. The fourth-order valence-electron chi connectivity index (χ4n) is 2.38. The lowest BCUT2D eigenvalue weighted by Gasteiger charge is -2.19. The molecule has 4 heteroatoms. The van der Waals surface area contributed by atoms with Crippen molar-refractivity contribution in [2.45, 2.75) is 40.0 Å². The first-order chi connectivity index (χ1) is 9.13. The van der Waals surface area contributed by atoms with Crippen LogP contribution in [-0.4, -0.2) is 30.1 Å². The van der Waals surface area contributed by atoms with Gasteiger partial charge in [-0.25, -0.2) is 9.97 Å². The van der Waals surface area contributed by atoms with Crippen molar-refractivity contribution in [1.29, 1.82) is 0 Å². The van der Waals surface area contributed by atoms with Gasteiger partial charge in [-0.05, 0) is 31.6 Å². The summed E-state index contributed by atoms with van der Waals surface area (Å²) in [6.07, 6.45) is 3.38. The van der Waals surface area contributed by atoms with Gasteiger partial charge in [0.1, 0.15) is 17.5 Å². The van der Waals surface area contributed by atoms with Gasteiger partial charge in [0.25, 0.3) is 0 Å². The molecule has 0 radical (unpaired) electrons. The van der Waals surface area contributed by atoms with Gasteiger partial charge >= 0.3 is 0 Å². The molecule has 0 saturated heterocycles. The lowest BCUT2D eigenvalue weighted by molar-refractivity contribution is 0.714. The van der Waals surface area contributed by atoms with Crippen molar-refractivity contribution in [3.05, 3.63) is 11.9 Å². The van der Waals surface area contributed by atoms with Gasteiger partial charge in [0, 0.05) is 32.6 Å². The first-order valence-electron chi connectivity index (χ1n) is 7.47. The average molecular weight is 262 g/mol. The highest BCUT2D eigenvalue weighted by atomic mass is 15.2. The highest BCUT2D eigenvalue weighted by molar-refractivity contribution is 5.49. The van der Waals surface area contributed by atoms with Crippen LogP contribution in [0, 0.1) is 11.8 Å². The summed E-state index contributed by atoms with van der Waals surface area (Å²) in [7, 11) is 2.14. The normalized spacial score (nSPS) is 21.3. The van der Waals surface area contributed by atoms with Crippen LogP contribution in [-0.2, 0) is 6.42 Å². The molecule has 0 aliphatic heterocycles. The van der Waals surface area contributed by atoms with E-state index in [9.17, 15) is 0 Å². The Balaban J connectivity index is 2.12. The first kappa shape index (κ1) is 14.1. The van der Waals surface area contributed by atoms with E-state index in [0.29, 0.717) is 0 Å². The standard InChI is InChI=1S/C15H26N4/c1-5-7-13-17-14(16-6-2)9-15(18-13)19(4)10-12-8-11(12)3/h9,11-12H,5-8,10H2,1-4H3,(H,16,17,18). The number of anilines is 2. The molecule has 19 heavy (non-hydrogen) atoms. The summed E-state index contributed by atoms with van der Waals surface area (Å²) in [4.78, 5) is 11.5. The van der Waals surface area contributed by atoms with Crippen LogP contribution >= 0.6 is 0 Å². The van der Waals surface area contributed by atoms with Crippen molar-refractivity contribution in [3.63, 3.8) is 0 Å². The molecule has 1 aromatic rings. The molecule has 2 rings (SSSR count). The van der Waals surface area contributed by atoms with Crippen molar-refractivity contribution >= 4 is 11.6 Å². The van der Waals surface area contributed by atoms with E-state index in [0.717, 1.165) is 55.2 Å². The van der Waals surface area contributed by atoms with Crippen LogP contribution in [0.4, 0.5) is 11.6 Å². The third-order valence-electron chi connectivity index (χ3n) is 3.77. The largest absolute Gasteiger partial charge is 0.370 e. The van der Waals surface area contributed by atoms with Crippen LogP contribution in [0.5, 0.6) is 0 Å². The fourth-order valence-corrected chi connectivity index (χ4v) is 2.38. The molecule has 1 N–H and O–H groups in total. The Morgan fingerprint density at radius 2 is 2.11 bits per heavy atom. The van der Waals surface area contributed by atoms with Gasteiger partial charge in [-0.3, -0.25) is 0 Å². The van der Waals surface area contributed by atoms with E-state index in [1.165, 1.54) is 6.42 Å². The third-order valence-corrected chi connectivity index (χ3v) is 3.77. The summed E-state index contributed by atoms with van der Waals surface area (Å²) >= 11 is 0. The number of rotatable bonds is 7. The maximum atomic E-state index is 4.69. The molecular formula is C15H26N4. The predicted octanol–water partition coefficient (Wildman–Crippen LogP) is 2.95. The predicted molar refractivity (Wildman–Crippen MR) is 80.7 cm³/mol. The van der Waals surface area contributed by atoms with Gasteiger partial charge in [-0.1, -0.05) is 13.8 Å². The van der Waals surface area contributed by atoms with Crippen LogP contribution in [0.15, 0.2) is 6.07 Å². The number of hydrogen-bond acceptors (Lipinski definition) is 4. The Morgan fingerprint density at radius 1 is 1.37 bits per heavy atom. The molecule has 1 aliphatic carbocycles. The minimum atomic E-state index is 0.845. The van der Waals surface area contributed by atoms with Crippen LogP contribution in [0.2, 0.25) is 0 Å². The second-order valence-electron chi connectivity index (χ2n) is 5.66. The zero-order valence-corrected chi connectivity index (χ0v) is 12.6. The summed E-state index contributed by atoms with van der Waals surface area (Å²) in [5, 5.41) is 3.30. The van der Waals surface area contributed by atoms with Crippen molar-refractivity contribution in [2.75, 3.05) is 30.4 Å². The summed E-state index contributed by atoms with van der Waals surface area (Å²) < 4.78 is 0. The molecular weight excluding hydrogens is 236 g/mol. The molecule has 1 fully saturated rings. The van der Waals surface area contributed by atoms with E-state index in [4.69, 9.17) is 0 Å². The number of aromatic nitrogens is 2. The second kappa shape index (κ2) is 6.22. The average Bonchev–Trinajstić information content (AvgIpc) is 3.05. The Bertz CT molecular complexity index is 394. The van der Waals surface area contributed by atoms with Gasteiger partial charge in [0.2, 0.25) is 0 Å². The Kier molecular flexibility index (Phi) is 4.61. The highest BCUT2D eigenvalue weighted by Crippen LogP contribution is 2.38. The van der Waals surface area contributed by atoms with E-state index in [2.05, 4.69) is 54.1 Å². The Morgan fingerprint density at radius 3 is 2.68 bits per heavy atom. The van der Waals surface area contributed by atoms with Crippen molar-refractivity contribution < 1.29 is 0 Å². The van der Waals surface area contributed by atoms with Gasteiger partial charge < -0.3 is 10.2 Å². The molecule has 0 bridgehead atoms. The van der Waals surface area contributed by atoms with Crippen LogP contribution in [0.25, 0.3) is 0 Å². The van der Waals surface area contributed by atoms with Crippen molar-refractivity contribution in [1.82, 2.24) is 9.97 Å². The van der Waals surface area contributed by atoms with Gasteiger partial charge in [0.15, 0.2) is 0 Å². The summed E-state index contributed by atoms with van der Waals surface area (Å²) in [5.41, 5.74) is 0. The molecule has 1 saturated carbocycles. The molecule has 106 valence electrons. The first-order valence-corrected chi connectivity index (χ1v) is 7.47. The lowest BCUT2D eigenvalue weighted by Crippen LogP contribution is -2.22. The monoisotopic (exact) mass is 262 g/mol. The van der Waals surface area contributed by atoms with Crippen LogP contribution < -0.4 is 10.2 Å². The van der Waals surface area contributed by atoms with Crippen molar-refractivity contribution in [3.8, 4) is 0 Å². The number of nitrogens with one attached hydrogen (secondary N) is 1. The summed E-state index contributed by atoms with van der Waals surface area (Å²) in [6, 6.07) is 2.07. The zero-order chi connectivity index (χ0) is 13.8. The van der Waals surface area contributed by atoms with Gasteiger partial charge in [-0.15, -0.1) is 0 Å². The second-order valence-corrected chi connectivity index (χ2v) is 5.66. The SMILES string of the molecule is CCCc1nc(NCC)cc(N(C)CC2CC2C)n1. The van der Waals surface area contributed by atoms with E-state index >= 15 is 0 Å². The lowest BCUT2D eigenvalue weighted by atomic mass is 10.3. The van der Waals surface area contributed by atoms with E-state index in [1.807, 2.05) is 0 Å². The number of nitrogens with zero attached hydrogens (tertiary/aromatic N) is 3. The number of hydrogen-bond donors (Lipinski definition) is 1. The molecule has 0 aromatic carbocycles. The van der Waals surface area contributed by atoms with Crippen LogP contribution in [0.3, 0.4) is 0 Å². The molecule has 4 nitrogen and oxygen atoms in total. The van der Waals surface area contributed by atoms with Gasteiger partial charge in [-0.2, -0.15) is 0 Å². The molecule has 1 aromatic heterocycles.